The SMILES string of the molecule is Oc1ccccc1N=Cc1cc2ccccc2nc1Cl. The van der Waals surface area contributed by atoms with Crippen molar-refractivity contribution in [3.8, 4) is 5.75 Å². The molecule has 0 atom stereocenters. The number of hydrogen-bond acceptors (Lipinski definition) is 3. The monoisotopic (exact) mass is 282 g/mol. The number of aromatic nitrogens is 1. The van der Waals surface area contributed by atoms with E-state index in [1.165, 1.54) is 0 Å². The first-order valence-electron chi connectivity index (χ1n) is 6.11. The van der Waals surface area contributed by atoms with Gasteiger partial charge < -0.3 is 5.11 Å². The molecule has 3 nitrogen and oxygen atoms in total. The Bertz CT molecular complexity index is 799. The van der Waals surface area contributed by atoms with Gasteiger partial charge in [-0.2, -0.15) is 0 Å². The predicted molar refractivity (Wildman–Crippen MR) is 82.1 cm³/mol. The second-order valence-electron chi connectivity index (χ2n) is 4.31. The average molecular weight is 283 g/mol. The molecule has 1 aromatic heterocycles. The topological polar surface area (TPSA) is 45.5 Å². The van der Waals surface area contributed by atoms with E-state index in [0.717, 1.165) is 10.9 Å². The van der Waals surface area contributed by atoms with Crippen LogP contribution in [0.2, 0.25) is 5.15 Å². The first-order valence-corrected chi connectivity index (χ1v) is 6.49. The third-order valence-corrected chi connectivity index (χ3v) is 3.23. The molecule has 0 saturated heterocycles. The number of fused-ring (bicyclic) bond motifs is 1. The van der Waals surface area contributed by atoms with E-state index >= 15 is 0 Å². The minimum Gasteiger partial charge on any atom is -0.506 e. The van der Waals surface area contributed by atoms with Crippen LogP contribution in [0.4, 0.5) is 5.69 Å². The van der Waals surface area contributed by atoms with Crippen molar-refractivity contribution in [3.05, 3.63) is 65.3 Å². The van der Waals surface area contributed by atoms with E-state index in [2.05, 4.69) is 9.98 Å². The Hall–Kier alpha value is -2.39. The number of para-hydroxylation sites is 3. The highest BCUT2D eigenvalue weighted by Crippen LogP contribution is 2.25. The second kappa shape index (κ2) is 5.31. The molecule has 20 heavy (non-hydrogen) atoms. The largest absolute Gasteiger partial charge is 0.506 e. The van der Waals surface area contributed by atoms with Gasteiger partial charge in [-0.25, -0.2) is 4.98 Å². The van der Waals surface area contributed by atoms with Crippen molar-refractivity contribution < 1.29 is 5.11 Å². The molecule has 0 amide bonds. The van der Waals surface area contributed by atoms with E-state index in [1.54, 1.807) is 24.4 Å². The first kappa shape index (κ1) is 12.6. The molecule has 0 spiro atoms. The maximum atomic E-state index is 9.67. The number of nitrogens with zero attached hydrogens (tertiary/aromatic N) is 2. The molecule has 0 aliphatic heterocycles. The van der Waals surface area contributed by atoms with Gasteiger partial charge in [0.2, 0.25) is 0 Å². The Kier molecular flexibility index (Phi) is 3.35. The summed E-state index contributed by atoms with van der Waals surface area (Å²) in [7, 11) is 0. The summed E-state index contributed by atoms with van der Waals surface area (Å²) in [5.74, 6) is 0.133. The molecular weight excluding hydrogens is 272 g/mol. The number of aliphatic imine (C=N–C) groups is 1. The van der Waals surface area contributed by atoms with Gasteiger partial charge in [-0.15, -0.1) is 0 Å². The number of halogens is 1. The molecule has 0 radical (unpaired) electrons. The minimum atomic E-state index is 0.133. The summed E-state index contributed by atoms with van der Waals surface area (Å²) in [5, 5.41) is 11.1. The van der Waals surface area contributed by atoms with Gasteiger partial charge in [0.15, 0.2) is 0 Å². The molecule has 0 saturated carbocycles. The molecule has 1 heterocycles. The zero-order valence-electron chi connectivity index (χ0n) is 10.5. The average Bonchev–Trinajstić information content (AvgIpc) is 2.46. The van der Waals surface area contributed by atoms with Crippen molar-refractivity contribution in [1.29, 1.82) is 0 Å². The van der Waals surface area contributed by atoms with Gasteiger partial charge in [-0.1, -0.05) is 41.9 Å². The Morgan fingerprint density at radius 3 is 2.65 bits per heavy atom. The Labute approximate surface area is 121 Å². The molecule has 4 heteroatoms. The lowest BCUT2D eigenvalue weighted by Crippen LogP contribution is -1.88. The van der Waals surface area contributed by atoms with Gasteiger partial charge in [0.1, 0.15) is 16.6 Å². The summed E-state index contributed by atoms with van der Waals surface area (Å²) in [6.45, 7) is 0. The van der Waals surface area contributed by atoms with Gasteiger partial charge >= 0.3 is 0 Å². The van der Waals surface area contributed by atoms with Gasteiger partial charge in [-0.3, -0.25) is 4.99 Å². The highest BCUT2D eigenvalue weighted by atomic mass is 35.5. The smallest absolute Gasteiger partial charge is 0.141 e. The fraction of sp³-hybridized carbons (Fsp3) is 0. The number of pyridine rings is 1. The Morgan fingerprint density at radius 2 is 1.80 bits per heavy atom. The summed E-state index contributed by atoms with van der Waals surface area (Å²) in [5.41, 5.74) is 2.06. The highest BCUT2D eigenvalue weighted by molar-refractivity contribution is 6.32. The number of phenols is 1. The van der Waals surface area contributed by atoms with Crippen LogP contribution in [-0.2, 0) is 0 Å². The third kappa shape index (κ3) is 2.49. The van der Waals surface area contributed by atoms with Crippen molar-refractivity contribution in [1.82, 2.24) is 4.98 Å². The number of benzene rings is 2. The molecule has 0 aliphatic rings. The maximum Gasteiger partial charge on any atom is 0.141 e. The van der Waals surface area contributed by atoms with E-state index in [4.69, 9.17) is 11.6 Å². The molecule has 3 aromatic rings. The van der Waals surface area contributed by atoms with Crippen LogP contribution in [0.5, 0.6) is 5.75 Å². The van der Waals surface area contributed by atoms with Gasteiger partial charge in [0.25, 0.3) is 0 Å². The van der Waals surface area contributed by atoms with Crippen molar-refractivity contribution in [2.45, 2.75) is 0 Å². The molecular formula is C16H11ClN2O. The van der Waals surface area contributed by atoms with Crippen LogP contribution in [0.25, 0.3) is 10.9 Å². The van der Waals surface area contributed by atoms with E-state index in [9.17, 15) is 5.11 Å². The fourth-order valence-electron chi connectivity index (χ4n) is 1.91. The Morgan fingerprint density at radius 1 is 1.05 bits per heavy atom. The summed E-state index contributed by atoms with van der Waals surface area (Å²) in [6.07, 6.45) is 1.61. The van der Waals surface area contributed by atoms with Crippen molar-refractivity contribution >= 4 is 34.4 Å². The van der Waals surface area contributed by atoms with Gasteiger partial charge in [0, 0.05) is 17.2 Å². The standard InChI is InChI=1S/C16H11ClN2O/c17-16-12(9-11-5-1-2-6-13(11)19-16)10-18-14-7-3-4-8-15(14)20/h1-10,20H. The van der Waals surface area contributed by atoms with Crippen molar-refractivity contribution in [2.75, 3.05) is 0 Å². The zero-order chi connectivity index (χ0) is 13.9. The van der Waals surface area contributed by atoms with Crippen LogP contribution in [-0.4, -0.2) is 16.3 Å². The van der Waals surface area contributed by atoms with Crippen LogP contribution in [0.15, 0.2) is 59.6 Å². The number of rotatable bonds is 2. The molecule has 3 rings (SSSR count). The third-order valence-electron chi connectivity index (χ3n) is 2.93. The zero-order valence-corrected chi connectivity index (χ0v) is 11.2. The molecule has 98 valence electrons. The molecule has 0 fully saturated rings. The number of hydrogen-bond donors (Lipinski definition) is 1. The van der Waals surface area contributed by atoms with Crippen LogP contribution in [0.3, 0.4) is 0 Å². The molecule has 2 aromatic carbocycles. The summed E-state index contributed by atoms with van der Waals surface area (Å²) in [4.78, 5) is 8.57. The Balaban J connectivity index is 2.02. The lowest BCUT2D eigenvalue weighted by molar-refractivity contribution is 0.477. The van der Waals surface area contributed by atoms with E-state index in [1.807, 2.05) is 36.4 Å². The number of aromatic hydroxyl groups is 1. The maximum absolute atomic E-state index is 9.67. The summed E-state index contributed by atoms with van der Waals surface area (Å²) >= 11 is 6.14. The number of phenolic OH excluding ortho intramolecular Hbond substituents is 1. The van der Waals surface area contributed by atoms with Crippen LogP contribution in [0, 0.1) is 0 Å². The molecule has 0 bridgehead atoms. The van der Waals surface area contributed by atoms with Gasteiger partial charge in [-0.05, 0) is 24.3 Å². The van der Waals surface area contributed by atoms with E-state index in [-0.39, 0.29) is 5.75 Å². The fourth-order valence-corrected chi connectivity index (χ4v) is 2.11. The van der Waals surface area contributed by atoms with Crippen LogP contribution >= 0.6 is 11.6 Å². The lowest BCUT2D eigenvalue weighted by atomic mass is 10.2. The van der Waals surface area contributed by atoms with Gasteiger partial charge in [0.05, 0.1) is 5.52 Å². The van der Waals surface area contributed by atoms with E-state index in [0.29, 0.717) is 16.4 Å². The molecule has 0 aliphatic carbocycles. The minimum absolute atomic E-state index is 0.133. The lowest BCUT2D eigenvalue weighted by Gasteiger charge is -2.02. The second-order valence-corrected chi connectivity index (χ2v) is 4.67. The van der Waals surface area contributed by atoms with Crippen LogP contribution < -0.4 is 0 Å². The summed E-state index contributed by atoms with van der Waals surface area (Å²) in [6, 6.07) is 16.5. The summed E-state index contributed by atoms with van der Waals surface area (Å²) < 4.78 is 0. The van der Waals surface area contributed by atoms with Crippen molar-refractivity contribution in [2.24, 2.45) is 4.99 Å². The van der Waals surface area contributed by atoms with Crippen molar-refractivity contribution in [3.63, 3.8) is 0 Å². The molecule has 0 unspecified atom stereocenters. The molecule has 1 N–H and O–H groups in total. The normalized spacial score (nSPS) is 11.2. The van der Waals surface area contributed by atoms with E-state index < -0.39 is 0 Å². The van der Waals surface area contributed by atoms with Crippen LogP contribution in [0.1, 0.15) is 5.56 Å². The quantitative estimate of drug-likeness (QED) is 0.561. The predicted octanol–water partition coefficient (Wildman–Crippen LogP) is 4.34. The first-order chi connectivity index (χ1) is 9.74. The highest BCUT2D eigenvalue weighted by Gasteiger charge is 2.03.